The van der Waals surface area contributed by atoms with E-state index in [1.165, 1.54) is 11.1 Å². The molecule has 0 saturated heterocycles. The van der Waals surface area contributed by atoms with Crippen molar-refractivity contribution in [1.82, 2.24) is 14.5 Å². The second-order valence-corrected chi connectivity index (χ2v) is 17.0. The Hall–Kier alpha value is -4.53. The first-order valence-electron chi connectivity index (χ1n) is 17.9. The van der Waals surface area contributed by atoms with Crippen molar-refractivity contribution in [2.24, 2.45) is 7.05 Å². The Labute approximate surface area is 323 Å². The van der Waals surface area contributed by atoms with Crippen LogP contribution in [0.25, 0.3) is 66.7 Å². The Balaban J connectivity index is 0.00000464. The molecule has 1 N–H and O–H groups in total. The Kier molecular flexibility index (Phi) is 9.64. The van der Waals surface area contributed by atoms with E-state index in [9.17, 15) is 5.11 Å². The number of aryl methyl sites for hydroxylation is 1. The number of hydrogen-bond donors (Lipinski definition) is 1. The Morgan fingerprint density at radius 1 is 0.596 bits per heavy atom. The van der Waals surface area contributed by atoms with Gasteiger partial charge in [0.25, 0.3) is 0 Å². The van der Waals surface area contributed by atoms with Gasteiger partial charge in [-0.15, -0.1) is 29.3 Å². The summed E-state index contributed by atoms with van der Waals surface area (Å²) in [6.07, 6.45) is 1.87. The number of fused-ring (bicyclic) bond motifs is 2. The number of phenols is 1. The van der Waals surface area contributed by atoms with E-state index in [0.29, 0.717) is 0 Å². The quantitative estimate of drug-likeness (QED) is 0.179. The first-order chi connectivity index (χ1) is 24.0. The fraction of sp³-hybridized carbons (Fsp3) is 0.277. The third-order valence-electron chi connectivity index (χ3n) is 10.1. The first-order valence-corrected chi connectivity index (χ1v) is 17.9. The zero-order valence-corrected chi connectivity index (χ0v) is 34.2. The summed E-state index contributed by atoms with van der Waals surface area (Å²) in [4.78, 5) is 10.3. The second-order valence-electron chi connectivity index (χ2n) is 17.0. The molecule has 268 valence electrons. The molecule has 0 aliphatic heterocycles. The molecule has 5 heteroatoms. The maximum atomic E-state index is 11.2. The monoisotopic (exact) mass is 865 g/mol. The van der Waals surface area contributed by atoms with E-state index in [-0.39, 0.29) is 43.1 Å². The number of rotatable bonds is 4. The molecule has 0 aliphatic carbocycles. The average Bonchev–Trinajstić information content (AvgIpc) is 3.42. The SMILES string of the molecule is Cn1c(-c2cc(C(C)(C)C)ccc2O)nc2c(-c3[c-]c(-c4cc(C(C)(C)C)cc5cccnc45)cc(-c4ccccc4)c3)ccc(C(C)(C)C)c21.[Pt]. The molecule has 7 aromatic rings. The smallest absolute Gasteiger partial charge is 0.143 e. The van der Waals surface area contributed by atoms with E-state index in [2.05, 4.69) is 159 Å². The molecule has 2 heterocycles. The number of phenolic OH excluding ortho intramolecular Hbond substituents is 1. The third kappa shape index (κ3) is 6.86. The normalized spacial score (nSPS) is 12.3. The van der Waals surface area contributed by atoms with Crippen LogP contribution >= 0.6 is 0 Å². The molecule has 52 heavy (non-hydrogen) atoms. The van der Waals surface area contributed by atoms with Crippen molar-refractivity contribution in [3.05, 3.63) is 126 Å². The summed E-state index contributed by atoms with van der Waals surface area (Å²) < 4.78 is 2.16. The molecule has 7 rings (SSSR count). The molecule has 0 atom stereocenters. The number of benzene rings is 5. The van der Waals surface area contributed by atoms with Crippen LogP contribution in [0.4, 0.5) is 0 Å². The van der Waals surface area contributed by atoms with Gasteiger partial charge in [0, 0.05) is 39.8 Å². The minimum atomic E-state index is -0.143. The van der Waals surface area contributed by atoms with Gasteiger partial charge in [-0.05, 0) is 62.1 Å². The predicted molar refractivity (Wildman–Crippen MR) is 214 cm³/mol. The average molecular weight is 866 g/mol. The molecule has 0 saturated carbocycles. The predicted octanol–water partition coefficient (Wildman–Crippen LogP) is 12.2. The van der Waals surface area contributed by atoms with Gasteiger partial charge >= 0.3 is 0 Å². The van der Waals surface area contributed by atoms with E-state index in [0.717, 1.165) is 72.3 Å². The molecular formula is C47H48N3OPt-. The van der Waals surface area contributed by atoms with Gasteiger partial charge < -0.3 is 9.67 Å². The van der Waals surface area contributed by atoms with Crippen molar-refractivity contribution in [2.75, 3.05) is 0 Å². The molecule has 0 unspecified atom stereocenters. The van der Waals surface area contributed by atoms with Crippen molar-refractivity contribution in [3.63, 3.8) is 0 Å². The summed E-state index contributed by atoms with van der Waals surface area (Å²) in [5.41, 5.74) is 13.2. The van der Waals surface area contributed by atoms with Crippen LogP contribution in [-0.2, 0) is 44.4 Å². The van der Waals surface area contributed by atoms with E-state index in [1.807, 2.05) is 18.3 Å². The van der Waals surface area contributed by atoms with Gasteiger partial charge in [-0.3, -0.25) is 4.98 Å². The number of aromatic nitrogens is 3. The van der Waals surface area contributed by atoms with E-state index in [1.54, 1.807) is 6.07 Å². The number of nitrogens with zero attached hydrogens (tertiary/aromatic N) is 3. The van der Waals surface area contributed by atoms with Crippen LogP contribution in [0.3, 0.4) is 0 Å². The molecule has 0 radical (unpaired) electrons. The number of imidazole rings is 1. The van der Waals surface area contributed by atoms with Crippen molar-refractivity contribution in [1.29, 1.82) is 0 Å². The van der Waals surface area contributed by atoms with Gasteiger partial charge in [0.05, 0.1) is 16.6 Å². The van der Waals surface area contributed by atoms with Gasteiger partial charge in [-0.25, -0.2) is 4.98 Å². The number of aromatic hydroxyl groups is 1. The second kappa shape index (κ2) is 13.5. The number of pyridine rings is 1. The third-order valence-corrected chi connectivity index (χ3v) is 10.1. The fourth-order valence-electron chi connectivity index (χ4n) is 7.05. The zero-order valence-electron chi connectivity index (χ0n) is 31.9. The molecule has 0 spiro atoms. The van der Waals surface area contributed by atoms with Crippen LogP contribution in [0.2, 0.25) is 0 Å². The zero-order chi connectivity index (χ0) is 36.5. The van der Waals surface area contributed by atoms with Crippen molar-refractivity contribution >= 4 is 21.9 Å². The molecule has 0 fully saturated rings. The standard InChI is InChI=1S/C47H48N3O.Pt/c1-45(2,3)34-18-21-40(51)38(27-34)44-49-42-36(19-20-39(47(7,8)9)43(42)50(44)10)32-23-31(29-15-12-11-13-16-29)24-33(25-32)37-28-35(46(4,5)6)26-30-17-14-22-48-41(30)37;/h11-24,26-28,51H,1-10H3;/q-1;. The molecular weight excluding hydrogens is 818 g/mol. The summed E-state index contributed by atoms with van der Waals surface area (Å²) in [5, 5.41) is 12.4. The topological polar surface area (TPSA) is 50.9 Å². The molecule has 5 aromatic carbocycles. The molecule has 0 amide bonds. The van der Waals surface area contributed by atoms with Gasteiger partial charge in [0.2, 0.25) is 0 Å². The Bertz CT molecular complexity index is 2440. The van der Waals surface area contributed by atoms with E-state index >= 15 is 0 Å². The fourth-order valence-corrected chi connectivity index (χ4v) is 7.05. The number of hydrogen-bond acceptors (Lipinski definition) is 3. The summed E-state index contributed by atoms with van der Waals surface area (Å²) >= 11 is 0. The van der Waals surface area contributed by atoms with Gasteiger partial charge in [-0.1, -0.05) is 146 Å². The largest absolute Gasteiger partial charge is 0.507 e. The minimum absolute atomic E-state index is 0. The van der Waals surface area contributed by atoms with Crippen molar-refractivity contribution in [3.8, 4) is 50.5 Å². The Morgan fingerprint density at radius 2 is 1.25 bits per heavy atom. The van der Waals surface area contributed by atoms with Gasteiger partial charge in [0.15, 0.2) is 0 Å². The van der Waals surface area contributed by atoms with Crippen molar-refractivity contribution < 1.29 is 26.2 Å². The van der Waals surface area contributed by atoms with Crippen LogP contribution in [0.1, 0.15) is 79.0 Å². The maximum absolute atomic E-state index is 11.2. The van der Waals surface area contributed by atoms with Crippen LogP contribution in [0, 0.1) is 6.07 Å². The molecule has 4 nitrogen and oxygen atoms in total. The summed E-state index contributed by atoms with van der Waals surface area (Å²) in [5.74, 6) is 0.956. The molecule has 0 bridgehead atoms. The van der Waals surface area contributed by atoms with Crippen LogP contribution < -0.4 is 0 Å². The molecule has 0 aliphatic rings. The minimum Gasteiger partial charge on any atom is -0.507 e. The van der Waals surface area contributed by atoms with Crippen LogP contribution in [0.5, 0.6) is 5.75 Å². The van der Waals surface area contributed by atoms with Gasteiger partial charge in [-0.2, -0.15) is 0 Å². The van der Waals surface area contributed by atoms with Crippen LogP contribution in [0.15, 0.2) is 103 Å². The summed E-state index contributed by atoms with van der Waals surface area (Å²) in [7, 11) is 2.07. The first kappa shape index (κ1) is 37.2. The summed E-state index contributed by atoms with van der Waals surface area (Å²) in [6, 6.07) is 38.0. The maximum Gasteiger partial charge on any atom is 0.143 e. The summed E-state index contributed by atoms with van der Waals surface area (Å²) in [6.45, 7) is 20.1. The molecule has 2 aromatic heterocycles. The van der Waals surface area contributed by atoms with Crippen LogP contribution in [-0.4, -0.2) is 19.6 Å². The Morgan fingerprint density at radius 3 is 1.90 bits per heavy atom. The van der Waals surface area contributed by atoms with E-state index in [4.69, 9.17) is 9.97 Å². The van der Waals surface area contributed by atoms with E-state index < -0.39 is 0 Å². The van der Waals surface area contributed by atoms with Gasteiger partial charge in [0.1, 0.15) is 11.6 Å². The van der Waals surface area contributed by atoms with Crippen molar-refractivity contribution in [2.45, 2.75) is 78.6 Å².